The molecule has 0 saturated carbocycles. The molecule has 24 heavy (non-hydrogen) atoms. The number of benzene rings is 2. The van der Waals surface area contributed by atoms with Crippen molar-refractivity contribution in [1.29, 1.82) is 0 Å². The zero-order valence-electron chi connectivity index (χ0n) is 13.2. The molecule has 0 aromatic heterocycles. The first-order valence-corrected chi connectivity index (χ1v) is 7.47. The van der Waals surface area contributed by atoms with E-state index in [0.29, 0.717) is 18.0 Å². The Labute approximate surface area is 139 Å². The molecular weight excluding hydrogens is 310 g/mol. The normalized spacial score (nSPS) is 12.0. The van der Waals surface area contributed by atoms with E-state index in [2.05, 4.69) is 0 Å². The van der Waals surface area contributed by atoms with Gasteiger partial charge in [-0.2, -0.15) is 0 Å². The second-order valence-corrected chi connectivity index (χ2v) is 5.62. The number of carboxylic acids is 1. The van der Waals surface area contributed by atoms with E-state index in [4.69, 9.17) is 14.6 Å². The third kappa shape index (κ3) is 3.48. The van der Waals surface area contributed by atoms with Crippen LogP contribution in [0.25, 0.3) is 0 Å². The molecule has 2 aromatic rings. The summed E-state index contributed by atoms with van der Waals surface area (Å²) in [4.78, 5) is 24.8. The molecule has 0 radical (unpaired) electrons. The van der Waals surface area contributed by atoms with Gasteiger partial charge in [-0.15, -0.1) is 0 Å². The van der Waals surface area contributed by atoms with E-state index < -0.39 is 5.97 Å². The van der Waals surface area contributed by atoms with Crippen LogP contribution in [-0.2, 0) is 17.8 Å². The van der Waals surface area contributed by atoms with Crippen molar-refractivity contribution >= 4 is 11.9 Å². The third-order valence-electron chi connectivity index (χ3n) is 3.84. The minimum Gasteiger partial charge on any atom is -0.478 e. The lowest BCUT2D eigenvalue weighted by Gasteiger charge is -2.17. The molecule has 1 aliphatic rings. The molecule has 1 aliphatic heterocycles. The van der Waals surface area contributed by atoms with Crippen molar-refractivity contribution in [3.8, 4) is 11.5 Å². The van der Waals surface area contributed by atoms with E-state index >= 15 is 0 Å². The van der Waals surface area contributed by atoms with E-state index in [-0.39, 0.29) is 24.7 Å². The summed E-state index contributed by atoms with van der Waals surface area (Å²) in [7, 11) is 1.72. The summed E-state index contributed by atoms with van der Waals surface area (Å²) in [5.74, 6) is 0.357. The number of hydrogen-bond donors (Lipinski definition) is 1. The first kappa shape index (κ1) is 15.9. The fourth-order valence-electron chi connectivity index (χ4n) is 2.48. The Bertz CT molecular complexity index is 769. The van der Waals surface area contributed by atoms with Crippen LogP contribution < -0.4 is 9.47 Å². The minimum atomic E-state index is -0.964. The molecule has 0 saturated heterocycles. The highest BCUT2D eigenvalue weighted by molar-refractivity contribution is 5.87. The fraction of sp³-hybridized carbons (Fsp3) is 0.222. The van der Waals surface area contributed by atoms with Crippen LogP contribution in [-0.4, -0.2) is 35.7 Å². The zero-order chi connectivity index (χ0) is 17.1. The summed E-state index contributed by atoms with van der Waals surface area (Å²) in [5.41, 5.74) is 1.96. The summed E-state index contributed by atoms with van der Waals surface area (Å²) >= 11 is 0. The molecule has 6 nitrogen and oxygen atoms in total. The number of likely N-dealkylation sites (N-methyl/N-ethyl adjacent to an activating group) is 1. The highest BCUT2D eigenvalue weighted by Gasteiger charge is 2.16. The molecule has 6 heteroatoms. The van der Waals surface area contributed by atoms with Crippen LogP contribution in [0.5, 0.6) is 11.5 Å². The van der Waals surface area contributed by atoms with Gasteiger partial charge in [-0.25, -0.2) is 4.79 Å². The molecule has 3 rings (SSSR count). The molecule has 1 N–H and O–H groups in total. The van der Waals surface area contributed by atoms with E-state index in [1.54, 1.807) is 30.1 Å². The Morgan fingerprint density at radius 1 is 1.04 bits per heavy atom. The fourth-order valence-corrected chi connectivity index (χ4v) is 2.48. The number of amides is 1. The number of ether oxygens (including phenoxy) is 2. The van der Waals surface area contributed by atoms with Gasteiger partial charge in [0, 0.05) is 13.6 Å². The average Bonchev–Trinajstić information content (AvgIpc) is 3.03. The van der Waals surface area contributed by atoms with Crippen LogP contribution in [0.1, 0.15) is 21.5 Å². The quantitative estimate of drug-likeness (QED) is 0.912. The molecule has 1 heterocycles. The molecule has 0 atom stereocenters. The van der Waals surface area contributed by atoms with Crippen molar-refractivity contribution in [2.24, 2.45) is 0 Å². The number of rotatable bonds is 5. The number of carbonyl (C=O) groups is 2. The third-order valence-corrected chi connectivity index (χ3v) is 3.84. The highest BCUT2D eigenvalue weighted by atomic mass is 16.7. The number of carbonyl (C=O) groups excluding carboxylic acids is 1. The van der Waals surface area contributed by atoms with E-state index in [1.165, 1.54) is 12.1 Å². The van der Waals surface area contributed by atoms with Gasteiger partial charge in [0.15, 0.2) is 11.5 Å². The standard InChI is InChI=1S/C18H17NO5/c1-19(10-12-2-5-14(6-3-12)18(21)22)17(20)9-13-4-7-15-16(8-13)24-11-23-15/h2-8H,9-11H2,1H3,(H,21,22). The summed E-state index contributed by atoms with van der Waals surface area (Å²) < 4.78 is 10.6. The zero-order valence-corrected chi connectivity index (χ0v) is 13.2. The van der Waals surface area contributed by atoms with Gasteiger partial charge >= 0.3 is 5.97 Å². The van der Waals surface area contributed by atoms with Crippen molar-refractivity contribution in [2.45, 2.75) is 13.0 Å². The van der Waals surface area contributed by atoms with Crippen LogP contribution in [0.2, 0.25) is 0 Å². The molecule has 124 valence electrons. The maximum Gasteiger partial charge on any atom is 0.335 e. The lowest BCUT2D eigenvalue weighted by Crippen LogP contribution is -2.27. The summed E-state index contributed by atoms with van der Waals surface area (Å²) in [6, 6.07) is 12.0. The number of carboxylic acid groups (broad SMARTS) is 1. The van der Waals surface area contributed by atoms with Gasteiger partial charge < -0.3 is 19.5 Å². The van der Waals surface area contributed by atoms with Crippen LogP contribution in [0.3, 0.4) is 0 Å². The largest absolute Gasteiger partial charge is 0.478 e. The molecule has 0 bridgehead atoms. The molecule has 0 spiro atoms. The Balaban J connectivity index is 1.61. The smallest absolute Gasteiger partial charge is 0.335 e. The summed E-state index contributed by atoms with van der Waals surface area (Å²) in [5, 5.41) is 8.89. The van der Waals surface area contributed by atoms with Gasteiger partial charge in [-0.05, 0) is 35.4 Å². The lowest BCUT2D eigenvalue weighted by molar-refractivity contribution is -0.129. The SMILES string of the molecule is CN(Cc1ccc(C(=O)O)cc1)C(=O)Cc1ccc2c(c1)OCO2. The molecule has 0 aliphatic carbocycles. The molecule has 1 amide bonds. The van der Waals surface area contributed by atoms with E-state index in [9.17, 15) is 9.59 Å². The Morgan fingerprint density at radius 3 is 2.42 bits per heavy atom. The number of aromatic carboxylic acids is 1. The predicted molar refractivity (Wildman–Crippen MR) is 86.1 cm³/mol. The minimum absolute atomic E-state index is 0.0313. The van der Waals surface area contributed by atoms with Crippen LogP contribution in [0, 0.1) is 0 Å². The van der Waals surface area contributed by atoms with Crippen molar-refractivity contribution in [1.82, 2.24) is 4.90 Å². The summed E-state index contributed by atoms with van der Waals surface area (Å²) in [6.45, 7) is 0.627. The van der Waals surface area contributed by atoms with Gasteiger partial charge in [0.25, 0.3) is 0 Å². The average molecular weight is 327 g/mol. The van der Waals surface area contributed by atoms with Crippen molar-refractivity contribution in [3.05, 3.63) is 59.2 Å². The first-order valence-electron chi connectivity index (χ1n) is 7.47. The van der Waals surface area contributed by atoms with Crippen LogP contribution >= 0.6 is 0 Å². The van der Waals surface area contributed by atoms with Gasteiger partial charge in [-0.1, -0.05) is 18.2 Å². The number of nitrogens with zero attached hydrogens (tertiary/aromatic N) is 1. The van der Waals surface area contributed by atoms with Gasteiger partial charge in [0.2, 0.25) is 12.7 Å². The summed E-state index contributed by atoms with van der Waals surface area (Å²) in [6.07, 6.45) is 0.264. The Morgan fingerprint density at radius 2 is 1.71 bits per heavy atom. The molecule has 2 aromatic carbocycles. The van der Waals surface area contributed by atoms with Gasteiger partial charge in [0.1, 0.15) is 0 Å². The second kappa shape index (κ2) is 6.62. The molecule has 0 fully saturated rings. The first-order chi connectivity index (χ1) is 11.5. The van der Waals surface area contributed by atoms with Gasteiger partial charge in [-0.3, -0.25) is 4.79 Å². The molecular formula is C18H17NO5. The van der Waals surface area contributed by atoms with E-state index in [1.807, 2.05) is 12.1 Å². The van der Waals surface area contributed by atoms with E-state index in [0.717, 1.165) is 11.1 Å². The maximum atomic E-state index is 12.4. The maximum absolute atomic E-state index is 12.4. The monoisotopic (exact) mass is 327 g/mol. The predicted octanol–water partition coefficient (Wildman–Crippen LogP) is 2.31. The molecule has 0 unspecified atom stereocenters. The van der Waals surface area contributed by atoms with Crippen molar-refractivity contribution < 1.29 is 24.2 Å². The second-order valence-electron chi connectivity index (χ2n) is 5.62. The topological polar surface area (TPSA) is 76.1 Å². The number of fused-ring (bicyclic) bond motifs is 1. The van der Waals surface area contributed by atoms with Crippen LogP contribution in [0.15, 0.2) is 42.5 Å². The Kier molecular flexibility index (Phi) is 4.37. The van der Waals surface area contributed by atoms with Gasteiger partial charge in [0.05, 0.1) is 12.0 Å². The van der Waals surface area contributed by atoms with Crippen molar-refractivity contribution in [3.63, 3.8) is 0 Å². The van der Waals surface area contributed by atoms with Crippen LogP contribution in [0.4, 0.5) is 0 Å². The van der Waals surface area contributed by atoms with Crippen molar-refractivity contribution in [2.75, 3.05) is 13.8 Å². The highest BCUT2D eigenvalue weighted by Crippen LogP contribution is 2.32. The lowest BCUT2D eigenvalue weighted by atomic mass is 10.1. The Hall–Kier alpha value is -3.02. The number of hydrogen-bond acceptors (Lipinski definition) is 4.